The summed E-state index contributed by atoms with van der Waals surface area (Å²) >= 11 is 0. The lowest BCUT2D eigenvalue weighted by molar-refractivity contribution is -0.137. The van der Waals surface area contributed by atoms with Gasteiger partial charge in [-0.1, -0.05) is 31.3 Å². The molecule has 0 aliphatic rings. The molecule has 1 heterocycles. The van der Waals surface area contributed by atoms with Gasteiger partial charge in [0, 0.05) is 25.2 Å². The standard InChI is InChI=1S/C16H27N3O3/c1-2-3-4-5-8-14(13-15-17-10-11-18-15)19-22-12-7-6-9-16(20)21/h10-11H,2-9,12-13H2,1H3,(H,17,18)(H,20,21). The molecule has 2 N–H and O–H groups in total. The van der Waals surface area contributed by atoms with E-state index in [9.17, 15) is 4.79 Å². The number of hydrogen-bond acceptors (Lipinski definition) is 4. The van der Waals surface area contributed by atoms with Crippen LogP contribution in [0.1, 0.15) is 64.1 Å². The first-order chi connectivity index (χ1) is 10.7. The molecule has 0 spiro atoms. The van der Waals surface area contributed by atoms with Crippen LogP contribution >= 0.6 is 0 Å². The molecule has 0 fully saturated rings. The summed E-state index contributed by atoms with van der Waals surface area (Å²) in [5, 5.41) is 12.8. The van der Waals surface area contributed by atoms with Gasteiger partial charge in [-0.3, -0.25) is 4.79 Å². The Hall–Kier alpha value is -1.85. The molecule has 0 atom stereocenters. The highest BCUT2D eigenvalue weighted by Crippen LogP contribution is 2.07. The lowest BCUT2D eigenvalue weighted by Crippen LogP contribution is -2.07. The van der Waals surface area contributed by atoms with Crippen molar-refractivity contribution in [1.82, 2.24) is 9.97 Å². The highest BCUT2D eigenvalue weighted by Gasteiger charge is 2.05. The molecule has 124 valence electrons. The first-order valence-electron chi connectivity index (χ1n) is 8.10. The predicted octanol–water partition coefficient (Wildman–Crippen LogP) is 3.55. The maximum atomic E-state index is 10.4. The molecule has 0 aromatic carbocycles. The molecule has 0 saturated heterocycles. The van der Waals surface area contributed by atoms with Gasteiger partial charge in [0.2, 0.25) is 0 Å². The van der Waals surface area contributed by atoms with E-state index in [1.807, 2.05) is 0 Å². The van der Waals surface area contributed by atoms with E-state index in [4.69, 9.17) is 9.94 Å². The van der Waals surface area contributed by atoms with Gasteiger partial charge in [0.15, 0.2) is 0 Å². The van der Waals surface area contributed by atoms with Crippen molar-refractivity contribution < 1.29 is 14.7 Å². The Labute approximate surface area is 132 Å². The summed E-state index contributed by atoms with van der Waals surface area (Å²) in [5.74, 6) is 0.127. The third-order valence-electron chi connectivity index (χ3n) is 3.32. The van der Waals surface area contributed by atoms with Crippen LogP contribution in [0.15, 0.2) is 17.5 Å². The second kappa shape index (κ2) is 11.8. The van der Waals surface area contributed by atoms with Gasteiger partial charge in [-0.15, -0.1) is 0 Å². The van der Waals surface area contributed by atoms with E-state index in [1.165, 1.54) is 19.3 Å². The molecule has 0 radical (unpaired) electrons. The Morgan fingerprint density at radius 2 is 2.09 bits per heavy atom. The predicted molar refractivity (Wildman–Crippen MR) is 85.9 cm³/mol. The van der Waals surface area contributed by atoms with Gasteiger partial charge >= 0.3 is 5.97 Å². The molecule has 22 heavy (non-hydrogen) atoms. The molecule has 6 heteroatoms. The fraction of sp³-hybridized carbons (Fsp3) is 0.688. The summed E-state index contributed by atoms with van der Waals surface area (Å²) in [4.78, 5) is 23.0. The van der Waals surface area contributed by atoms with E-state index in [2.05, 4.69) is 22.0 Å². The SMILES string of the molecule is CCCCCCC(Cc1ncc[nH]1)=NOCCCCC(=O)O. The van der Waals surface area contributed by atoms with E-state index in [0.717, 1.165) is 24.4 Å². The minimum atomic E-state index is -0.766. The van der Waals surface area contributed by atoms with Gasteiger partial charge in [-0.2, -0.15) is 0 Å². The number of oxime groups is 1. The van der Waals surface area contributed by atoms with Gasteiger partial charge in [0.25, 0.3) is 0 Å². The van der Waals surface area contributed by atoms with Crippen LogP contribution in [-0.4, -0.2) is 33.4 Å². The molecule has 0 aliphatic heterocycles. The zero-order valence-electron chi connectivity index (χ0n) is 13.4. The number of rotatable bonds is 13. The zero-order valence-corrected chi connectivity index (χ0v) is 13.4. The number of aromatic amines is 1. The Bertz CT molecular complexity index is 430. The maximum Gasteiger partial charge on any atom is 0.303 e. The van der Waals surface area contributed by atoms with Crippen molar-refractivity contribution >= 4 is 11.7 Å². The van der Waals surface area contributed by atoms with Crippen molar-refractivity contribution in [3.8, 4) is 0 Å². The van der Waals surface area contributed by atoms with E-state index < -0.39 is 5.97 Å². The number of carboxylic acid groups (broad SMARTS) is 1. The molecule has 0 aliphatic carbocycles. The smallest absolute Gasteiger partial charge is 0.303 e. The first kappa shape index (κ1) is 18.2. The maximum absolute atomic E-state index is 10.4. The fourth-order valence-electron chi connectivity index (χ4n) is 2.09. The third-order valence-corrected chi connectivity index (χ3v) is 3.32. The number of aliphatic carboxylic acids is 1. The number of nitrogens with one attached hydrogen (secondary N) is 1. The average molecular weight is 309 g/mol. The average Bonchev–Trinajstić information content (AvgIpc) is 2.99. The minimum Gasteiger partial charge on any atom is -0.481 e. The lowest BCUT2D eigenvalue weighted by Gasteiger charge is -2.06. The monoisotopic (exact) mass is 309 g/mol. The van der Waals surface area contributed by atoms with E-state index in [0.29, 0.717) is 25.9 Å². The molecule has 0 bridgehead atoms. The van der Waals surface area contributed by atoms with E-state index >= 15 is 0 Å². The number of aromatic nitrogens is 2. The molecule has 1 aromatic rings. The molecular formula is C16H27N3O3. The quantitative estimate of drug-likeness (QED) is 0.331. The molecule has 1 rings (SSSR count). The lowest BCUT2D eigenvalue weighted by atomic mass is 10.1. The van der Waals surface area contributed by atoms with E-state index in [-0.39, 0.29) is 6.42 Å². The van der Waals surface area contributed by atoms with Crippen LogP contribution in [0.25, 0.3) is 0 Å². The van der Waals surface area contributed by atoms with Crippen molar-refractivity contribution in [2.45, 2.75) is 64.7 Å². The van der Waals surface area contributed by atoms with Gasteiger partial charge in [0.1, 0.15) is 12.4 Å². The van der Waals surface area contributed by atoms with Gasteiger partial charge < -0.3 is 14.9 Å². The van der Waals surface area contributed by atoms with Gasteiger partial charge in [0.05, 0.1) is 5.71 Å². The number of hydrogen-bond donors (Lipinski definition) is 2. The Balaban J connectivity index is 2.31. The topological polar surface area (TPSA) is 87.6 Å². The molecular weight excluding hydrogens is 282 g/mol. The van der Waals surface area contributed by atoms with Gasteiger partial charge in [-0.05, 0) is 25.7 Å². The van der Waals surface area contributed by atoms with Crippen molar-refractivity contribution in [1.29, 1.82) is 0 Å². The van der Waals surface area contributed by atoms with Crippen molar-refractivity contribution in [3.63, 3.8) is 0 Å². The van der Waals surface area contributed by atoms with Crippen LogP contribution < -0.4 is 0 Å². The van der Waals surface area contributed by atoms with Crippen LogP contribution in [-0.2, 0) is 16.1 Å². The molecule has 1 aromatic heterocycles. The van der Waals surface area contributed by atoms with Crippen molar-refractivity contribution in [2.75, 3.05) is 6.61 Å². The molecule has 6 nitrogen and oxygen atoms in total. The van der Waals surface area contributed by atoms with Gasteiger partial charge in [-0.25, -0.2) is 4.98 Å². The summed E-state index contributed by atoms with van der Waals surface area (Å²) in [7, 11) is 0. The first-order valence-corrected chi connectivity index (χ1v) is 8.10. The van der Waals surface area contributed by atoms with Crippen LogP contribution in [0.4, 0.5) is 0 Å². The second-order valence-corrected chi connectivity index (χ2v) is 5.36. The highest BCUT2D eigenvalue weighted by atomic mass is 16.6. The summed E-state index contributed by atoms with van der Waals surface area (Å²) in [5.41, 5.74) is 0.990. The van der Waals surface area contributed by atoms with E-state index in [1.54, 1.807) is 12.4 Å². The minimum absolute atomic E-state index is 0.184. The highest BCUT2D eigenvalue weighted by molar-refractivity contribution is 5.85. The molecule has 0 saturated carbocycles. The van der Waals surface area contributed by atoms with Crippen molar-refractivity contribution in [3.05, 3.63) is 18.2 Å². The Morgan fingerprint density at radius 3 is 2.77 bits per heavy atom. The molecule has 0 unspecified atom stereocenters. The number of unbranched alkanes of at least 4 members (excludes halogenated alkanes) is 4. The largest absolute Gasteiger partial charge is 0.481 e. The Kier molecular flexibility index (Phi) is 9.74. The summed E-state index contributed by atoms with van der Waals surface area (Å²) in [6, 6.07) is 0. The van der Waals surface area contributed by atoms with Crippen molar-refractivity contribution in [2.24, 2.45) is 5.16 Å². The number of imidazole rings is 1. The number of carbonyl (C=O) groups is 1. The summed E-state index contributed by atoms with van der Waals surface area (Å²) < 4.78 is 0. The zero-order chi connectivity index (χ0) is 16.0. The fourth-order valence-corrected chi connectivity index (χ4v) is 2.09. The second-order valence-electron chi connectivity index (χ2n) is 5.36. The molecule has 0 amide bonds. The van der Waals surface area contributed by atoms with Crippen LogP contribution in [0.2, 0.25) is 0 Å². The third kappa shape index (κ3) is 9.15. The van der Waals surface area contributed by atoms with Crippen LogP contribution in [0.3, 0.4) is 0 Å². The van der Waals surface area contributed by atoms with Crippen LogP contribution in [0.5, 0.6) is 0 Å². The van der Waals surface area contributed by atoms with Crippen LogP contribution in [0, 0.1) is 0 Å². The number of carboxylic acids is 1. The normalized spacial score (nSPS) is 11.6. The summed E-state index contributed by atoms with van der Waals surface area (Å²) in [6.07, 6.45) is 11.4. The number of H-pyrrole nitrogens is 1. The Morgan fingerprint density at radius 1 is 1.27 bits per heavy atom. The summed E-state index contributed by atoms with van der Waals surface area (Å²) in [6.45, 7) is 2.65. The number of nitrogens with zero attached hydrogens (tertiary/aromatic N) is 2.